The van der Waals surface area contributed by atoms with Gasteiger partial charge in [0.2, 0.25) is 0 Å². The second-order valence-corrected chi connectivity index (χ2v) is 5.41. The zero-order chi connectivity index (χ0) is 16.1. The standard InChI is InChI=1S/C18H19N3O2/c1-14-10-18(20-13-19-14)21(11-15-6-3-2-4-7-15)12-16(22)17-8-5-9-23-17/h2-10,13,16,22H,11-12H2,1H3. The molecule has 1 unspecified atom stereocenters. The Morgan fingerprint density at radius 1 is 1.13 bits per heavy atom. The fraction of sp³-hybridized carbons (Fsp3) is 0.222. The van der Waals surface area contributed by atoms with Gasteiger partial charge in [0.15, 0.2) is 0 Å². The van der Waals surface area contributed by atoms with E-state index in [0.29, 0.717) is 18.8 Å². The van der Waals surface area contributed by atoms with Crippen molar-refractivity contribution >= 4 is 5.82 Å². The molecule has 0 saturated heterocycles. The maximum absolute atomic E-state index is 10.4. The minimum absolute atomic E-state index is 0.388. The fourth-order valence-corrected chi connectivity index (χ4v) is 2.44. The molecule has 1 aromatic carbocycles. The number of benzene rings is 1. The van der Waals surface area contributed by atoms with Crippen LogP contribution in [0.5, 0.6) is 0 Å². The van der Waals surface area contributed by atoms with Gasteiger partial charge in [0.1, 0.15) is 24.0 Å². The molecule has 1 atom stereocenters. The van der Waals surface area contributed by atoms with Gasteiger partial charge in [-0.05, 0) is 24.6 Å². The van der Waals surface area contributed by atoms with Gasteiger partial charge in [0.05, 0.1) is 12.8 Å². The van der Waals surface area contributed by atoms with E-state index in [1.54, 1.807) is 24.7 Å². The molecule has 5 heteroatoms. The van der Waals surface area contributed by atoms with E-state index in [1.165, 1.54) is 0 Å². The van der Waals surface area contributed by atoms with Crippen LogP contribution in [-0.2, 0) is 6.54 Å². The number of rotatable bonds is 6. The number of hydrogen-bond acceptors (Lipinski definition) is 5. The van der Waals surface area contributed by atoms with Crippen molar-refractivity contribution in [1.29, 1.82) is 0 Å². The minimum Gasteiger partial charge on any atom is -0.467 e. The molecule has 0 saturated carbocycles. The maximum Gasteiger partial charge on any atom is 0.134 e. The van der Waals surface area contributed by atoms with Gasteiger partial charge in [-0.2, -0.15) is 0 Å². The van der Waals surface area contributed by atoms with E-state index >= 15 is 0 Å². The highest BCUT2D eigenvalue weighted by Gasteiger charge is 2.17. The topological polar surface area (TPSA) is 62.4 Å². The third-order valence-corrected chi connectivity index (χ3v) is 3.59. The lowest BCUT2D eigenvalue weighted by molar-refractivity contribution is 0.154. The highest BCUT2D eigenvalue weighted by Crippen LogP contribution is 2.21. The molecule has 118 valence electrons. The van der Waals surface area contributed by atoms with Crippen molar-refractivity contribution in [3.8, 4) is 0 Å². The largest absolute Gasteiger partial charge is 0.467 e. The summed E-state index contributed by atoms with van der Waals surface area (Å²) in [5, 5.41) is 10.4. The average Bonchev–Trinajstić information content (AvgIpc) is 3.10. The van der Waals surface area contributed by atoms with Crippen LogP contribution in [0.15, 0.2) is 65.5 Å². The molecule has 5 nitrogen and oxygen atoms in total. The van der Waals surface area contributed by atoms with Crippen LogP contribution in [0.4, 0.5) is 5.82 Å². The summed E-state index contributed by atoms with van der Waals surface area (Å²) in [6.07, 6.45) is 2.39. The monoisotopic (exact) mass is 309 g/mol. The van der Waals surface area contributed by atoms with E-state index in [4.69, 9.17) is 4.42 Å². The second kappa shape index (κ2) is 7.07. The van der Waals surface area contributed by atoms with E-state index in [1.807, 2.05) is 36.1 Å². The minimum atomic E-state index is -0.719. The average molecular weight is 309 g/mol. The van der Waals surface area contributed by atoms with Crippen LogP contribution in [-0.4, -0.2) is 21.6 Å². The van der Waals surface area contributed by atoms with Crippen LogP contribution in [0, 0.1) is 6.92 Å². The fourth-order valence-electron chi connectivity index (χ4n) is 2.44. The van der Waals surface area contributed by atoms with Crippen molar-refractivity contribution in [2.45, 2.75) is 19.6 Å². The van der Waals surface area contributed by atoms with Gasteiger partial charge in [0.25, 0.3) is 0 Å². The lowest BCUT2D eigenvalue weighted by atomic mass is 10.2. The summed E-state index contributed by atoms with van der Waals surface area (Å²) >= 11 is 0. The van der Waals surface area contributed by atoms with Crippen molar-refractivity contribution in [1.82, 2.24) is 9.97 Å². The summed E-state index contributed by atoms with van der Waals surface area (Å²) in [7, 11) is 0. The highest BCUT2D eigenvalue weighted by atomic mass is 16.4. The number of aryl methyl sites for hydroxylation is 1. The molecular formula is C18H19N3O2. The SMILES string of the molecule is Cc1cc(N(Cc2ccccc2)CC(O)c2ccco2)ncn1. The van der Waals surface area contributed by atoms with Crippen molar-refractivity contribution in [2.75, 3.05) is 11.4 Å². The first-order chi connectivity index (χ1) is 11.2. The smallest absolute Gasteiger partial charge is 0.134 e. The summed E-state index contributed by atoms with van der Waals surface area (Å²) in [6, 6.07) is 15.6. The molecule has 3 aromatic rings. The maximum atomic E-state index is 10.4. The Hall–Kier alpha value is -2.66. The van der Waals surface area contributed by atoms with Crippen LogP contribution < -0.4 is 4.90 Å². The second-order valence-electron chi connectivity index (χ2n) is 5.41. The molecular weight excluding hydrogens is 290 g/mol. The first-order valence-corrected chi connectivity index (χ1v) is 7.51. The van der Waals surface area contributed by atoms with Crippen molar-refractivity contribution in [3.05, 3.63) is 78.1 Å². The van der Waals surface area contributed by atoms with E-state index in [2.05, 4.69) is 22.1 Å². The molecule has 0 amide bonds. The number of anilines is 1. The lowest BCUT2D eigenvalue weighted by Crippen LogP contribution is -2.29. The van der Waals surface area contributed by atoms with E-state index in [0.717, 1.165) is 17.1 Å². The first-order valence-electron chi connectivity index (χ1n) is 7.51. The van der Waals surface area contributed by atoms with Gasteiger partial charge >= 0.3 is 0 Å². The number of aromatic nitrogens is 2. The van der Waals surface area contributed by atoms with Gasteiger partial charge in [0, 0.05) is 18.3 Å². The Morgan fingerprint density at radius 3 is 2.65 bits per heavy atom. The zero-order valence-electron chi connectivity index (χ0n) is 13.0. The summed E-state index contributed by atoms with van der Waals surface area (Å²) in [5.74, 6) is 1.33. The van der Waals surface area contributed by atoms with Gasteiger partial charge in [-0.1, -0.05) is 30.3 Å². The van der Waals surface area contributed by atoms with Crippen molar-refractivity contribution < 1.29 is 9.52 Å². The first kappa shape index (κ1) is 15.2. The van der Waals surface area contributed by atoms with Crippen LogP contribution in [0.2, 0.25) is 0 Å². The summed E-state index contributed by atoms with van der Waals surface area (Å²) in [4.78, 5) is 10.5. The highest BCUT2D eigenvalue weighted by molar-refractivity contribution is 5.40. The van der Waals surface area contributed by atoms with Crippen molar-refractivity contribution in [3.63, 3.8) is 0 Å². The number of nitrogens with zero attached hydrogens (tertiary/aromatic N) is 3. The molecule has 0 spiro atoms. The van der Waals surface area contributed by atoms with Gasteiger partial charge < -0.3 is 14.4 Å². The van der Waals surface area contributed by atoms with Crippen LogP contribution in [0.3, 0.4) is 0 Å². The summed E-state index contributed by atoms with van der Waals surface area (Å²) in [6.45, 7) is 2.96. The number of aliphatic hydroxyl groups is 1. The molecule has 0 radical (unpaired) electrons. The molecule has 0 aliphatic heterocycles. The van der Waals surface area contributed by atoms with Gasteiger partial charge in [-0.25, -0.2) is 9.97 Å². The molecule has 2 aromatic heterocycles. The Balaban J connectivity index is 1.83. The molecule has 3 rings (SSSR count). The molecule has 1 N–H and O–H groups in total. The quantitative estimate of drug-likeness (QED) is 0.758. The van der Waals surface area contributed by atoms with Crippen molar-refractivity contribution in [2.24, 2.45) is 0 Å². The lowest BCUT2D eigenvalue weighted by Gasteiger charge is -2.26. The van der Waals surface area contributed by atoms with E-state index < -0.39 is 6.10 Å². The number of aliphatic hydroxyl groups excluding tert-OH is 1. The van der Waals surface area contributed by atoms with Gasteiger partial charge in [-0.3, -0.25) is 0 Å². The molecule has 0 aliphatic rings. The molecule has 0 fully saturated rings. The van der Waals surface area contributed by atoms with E-state index in [-0.39, 0.29) is 0 Å². The Kier molecular flexibility index (Phi) is 4.68. The Labute approximate surface area is 135 Å². The van der Waals surface area contributed by atoms with Crippen LogP contribution in [0.25, 0.3) is 0 Å². The predicted octanol–water partition coefficient (Wildman–Crippen LogP) is 3.12. The molecule has 23 heavy (non-hydrogen) atoms. The normalized spacial score (nSPS) is 12.1. The predicted molar refractivity (Wildman–Crippen MR) is 87.9 cm³/mol. The third-order valence-electron chi connectivity index (χ3n) is 3.59. The number of furan rings is 1. The summed E-state index contributed by atoms with van der Waals surface area (Å²) < 4.78 is 5.30. The van der Waals surface area contributed by atoms with Gasteiger partial charge in [-0.15, -0.1) is 0 Å². The van der Waals surface area contributed by atoms with Crippen LogP contribution >= 0.6 is 0 Å². The molecule has 0 bridgehead atoms. The molecule has 0 aliphatic carbocycles. The van der Waals surface area contributed by atoms with E-state index in [9.17, 15) is 5.11 Å². The molecule has 2 heterocycles. The summed E-state index contributed by atoms with van der Waals surface area (Å²) in [5.41, 5.74) is 2.04. The number of hydrogen-bond donors (Lipinski definition) is 1. The van der Waals surface area contributed by atoms with Crippen LogP contribution in [0.1, 0.15) is 23.1 Å². The Morgan fingerprint density at radius 2 is 1.96 bits per heavy atom. The third kappa shape index (κ3) is 3.96. The zero-order valence-corrected chi connectivity index (χ0v) is 13.0. The Bertz CT molecular complexity index is 729.